The first-order chi connectivity index (χ1) is 14.2. The monoisotopic (exact) mass is 412 g/mol. The summed E-state index contributed by atoms with van der Waals surface area (Å²) >= 11 is 0. The number of pyridine rings is 1. The second-order valence-electron chi connectivity index (χ2n) is 11.4. The van der Waals surface area contributed by atoms with Gasteiger partial charge in [0.25, 0.3) is 5.91 Å². The number of rotatable bonds is 6. The van der Waals surface area contributed by atoms with Crippen molar-refractivity contribution in [2.75, 3.05) is 31.6 Å². The van der Waals surface area contributed by atoms with Gasteiger partial charge in [-0.05, 0) is 68.0 Å². The molecule has 0 atom stereocenters. The predicted octanol–water partition coefficient (Wildman–Crippen LogP) is 4.34. The van der Waals surface area contributed by atoms with E-state index in [0.29, 0.717) is 5.56 Å². The van der Waals surface area contributed by atoms with E-state index in [-0.39, 0.29) is 22.8 Å². The van der Waals surface area contributed by atoms with E-state index in [1.54, 1.807) is 6.20 Å². The first-order valence-electron chi connectivity index (χ1n) is 11.9. The van der Waals surface area contributed by atoms with Crippen molar-refractivity contribution in [2.45, 2.75) is 78.3 Å². The van der Waals surface area contributed by atoms with Crippen LogP contribution in [0.2, 0.25) is 0 Å². The molecule has 0 radical (unpaired) electrons. The summed E-state index contributed by atoms with van der Waals surface area (Å²) in [4.78, 5) is 22.4. The van der Waals surface area contributed by atoms with Crippen LogP contribution in [0, 0.1) is 16.7 Å². The van der Waals surface area contributed by atoms with Gasteiger partial charge in [0.2, 0.25) is 0 Å². The third-order valence-corrected chi connectivity index (χ3v) is 7.94. The van der Waals surface area contributed by atoms with Gasteiger partial charge in [-0.25, -0.2) is 4.98 Å². The zero-order chi connectivity index (χ0) is 21.5. The first kappa shape index (κ1) is 21.6. The highest BCUT2D eigenvalue weighted by Crippen LogP contribution is 2.53. The van der Waals surface area contributed by atoms with Gasteiger partial charge in [-0.3, -0.25) is 4.79 Å². The third kappa shape index (κ3) is 4.37. The van der Waals surface area contributed by atoms with Gasteiger partial charge in [0.15, 0.2) is 0 Å². The molecule has 5 nitrogen and oxygen atoms in total. The molecule has 166 valence electrons. The maximum atomic E-state index is 12.8. The molecular formula is C25H40N4O. The van der Waals surface area contributed by atoms with E-state index in [2.05, 4.69) is 54.8 Å². The van der Waals surface area contributed by atoms with Crippen LogP contribution >= 0.6 is 0 Å². The molecule has 1 aliphatic heterocycles. The van der Waals surface area contributed by atoms with E-state index in [0.717, 1.165) is 37.3 Å². The van der Waals surface area contributed by atoms with Crippen LogP contribution in [0.25, 0.3) is 0 Å². The lowest BCUT2D eigenvalue weighted by atomic mass is 9.52. The zero-order valence-corrected chi connectivity index (χ0v) is 19.6. The van der Waals surface area contributed by atoms with E-state index in [1.807, 2.05) is 12.1 Å². The molecule has 0 bridgehead atoms. The number of nitrogens with one attached hydrogen (secondary N) is 1. The van der Waals surface area contributed by atoms with Crippen LogP contribution in [-0.4, -0.2) is 54.6 Å². The van der Waals surface area contributed by atoms with Gasteiger partial charge in [0.05, 0.1) is 5.56 Å². The molecule has 3 fully saturated rings. The summed E-state index contributed by atoms with van der Waals surface area (Å²) < 4.78 is 0. The molecule has 1 aromatic heterocycles. The number of amides is 1. The van der Waals surface area contributed by atoms with Gasteiger partial charge >= 0.3 is 0 Å². The van der Waals surface area contributed by atoms with E-state index in [4.69, 9.17) is 0 Å². The summed E-state index contributed by atoms with van der Waals surface area (Å²) in [7, 11) is 2.30. The summed E-state index contributed by atoms with van der Waals surface area (Å²) in [6.45, 7) is 12.3. The Morgan fingerprint density at radius 2 is 1.80 bits per heavy atom. The fourth-order valence-corrected chi connectivity index (χ4v) is 6.35. The summed E-state index contributed by atoms with van der Waals surface area (Å²) in [5, 5.41) is 3.26. The number of carbonyl (C=O) groups is 1. The molecular weight excluding hydrogens is 372 g/mol. The van der Waals surface area contributed by atoms with Crippen molar-refractivity contribution in [3.63, 3.8) is 0 Å². The number of anilines is 1. The molecule has 0 aromatic carbocycles. The SMILES string of the molecule is CN(CC1CCN(c2ccc(C(=O)NC3C(C)(C)CC3(C)C)cn2)CC1)C1CCC1. The average molecular weight is 413 g/mol. The second kappa shape index (κ2) is 8.14. The maximum Gasteiger partial charge on any atom is 0.253 e. The summed E-state index contributed by atoms with van der Waals surface area (Å²) in [5.41, 5.74) is 0.974. The number of hydrogen-bond acceptors (Lipinski definition) is 4. The fraction of sp³-hybridized carbons (Fsp3) is 0.760. The standard InChI is InChI=1S/C25H40N4O/c1-24(2)17-25(3,4)23(24)27-22(30)19-9-10-21(26-15-19)29-13-11-18(12-14-29)16-28(5)20-7-6-8-20/h9-10,15,18,20,23H,6-8,11-14,16-17H2,1-5H3,(H,27,30). The van der Waals surface area contributed by atoms with Crippen molar-refractivity contribution in [3.05, 3.63) is 23.9 Å². The second-order valence-corrected chi connectivity index (χ2v) is 11.4. The van der Waals surface area contributed by atoms with Crippen molar-refractivity contribution >= 4 is 11.7 Å². The Balaban J connectivity index is 1.28. The molecule has 3 aliphatic rings. The minimum absolute atomic E-state index is 0.00219. The minimum Gasteiger partial charge on any atom is -0.357 e. The Bertz CT molecular complexity index is 731. The summed E-state index contributed by atoms with van der Waals surface area (Å²) in [6, 6.07) is 4.99. The van der Waals surface area contributed by atoms with Crippen molar-refractivity contribution in [1.82, 2.24) is 15.2 Å². The highest BCUT2D eigenvalue weighted by molar-refractivity contribution is 5.94. The lowest BCUT2D eigenvalue weighted by molar-refractivity contribution is -0.0366. The molecule has 1 N–H and O–H groups in total. The maximum absolute atomic E-state index is 12.8. The molecule has 0 unspecified atom stereocenters. The van der Waals surface area contributed by atoms with Crippen molar-refractivity contribution < 1.29 is 4.79 Å². The molecule has 1 saturated heterocycles. The lowest BCUT2D eigenvalue weighted by Crippen LogP contribution is -2.63. The topological polar surface area (TPSA) is 48.5 Å². The van der Waals surface area contributed by atoms with Crippen molar-refractivity contribution in [3.8, 4) is 0 Å². The molecule has 2 aliphatic carbocycles. The Hall–Kier alpha value is -1.62. The van der Waals surface area contributed by atoms with E-state index in [1.165, 1.54) is 38.6 Å². The third-order valence-electron chi connectivity index (χ3n) is 7.94. The summed E-state index contributed by atoms with van der Waals surface area (Å²) in [6.07, 6.45) is 9.52. The van der Waals surface area contributed by atoms with Gasteiger partial charge in [-0.2, -0.15) is 0 Å². The van der Waals surface area contributed by atoms with Crippen LogP contribution in [0.1, 0.15) is 76.6 Å². The van der Waals surface area contributed by atoms with Gasteiger partial charge in [0.1, 0.15) is 5.82 Å². The van der Waals surface area contributed by atoms with Crippen LogP contribution in [-0.2, 0) is 0 Å². The number of carbonyl (C=O) groups excluding carboxylic acids is 1. The predicted molar refractivity (Wildman–Crippen MR) is 123 cm³/mol. The number of aromatic nitrogens is 1. The normalized spacial score (nSPS) is 24.4. The smallest absolute Gasteiger partial charge is 0.253 e. The molecule has 4 rings (SSSR count). The Labute approximate surface area is 182 Å². The zero-order valence-electron chi connectivity index (χ0n) is 19.6. The van der Waals surface area contributed by atoms with Gasteiger partial charge in [-0.1, -0.05) is 34.1 Å². The fourth-order valence-electron chi connectivity index (χ4n) is 6.35. The van der Waals surface area contributed by atoms with Crippen LogP contribution < -0.4 is 10.2 Å². The van der Waals surface area contributed by atoms with Crippen molar-refractivity contribution in [1.29, 1.82) is 0 Å². The van der Waals surface area contributed by atoms with Crippen LogP contribution in [0.15, 0.2) is 18.3 Å². The van der Waals surface area contributed by atoms with E-state index >= 15 is 0 Å². The van der Waals surface area contributed by atoms with Crippen LogP contribution in [0.4, 0.5) is 5.82 Å². The highest BCUT2D eigenvalue weighted by Gasteiger charge is 2.53. The van der Waals surface area contributed by atoms with E-state index in [9.17, 15) is 4.79 Å². The molecule has 2 saturated carbocycles. The Morgan fingerprint density at radius 3 is 2.30 bits per heavy atom. The van der Waals surface area contributed by atoms with Crippen molar-refractivity contribution in [2.24, 2.45) is 16.7 Å². The summed E-state index contributed by atoms with van der Waals surface area (Å²) in [5.74, 6) is 1.80. The lowest BCUT2D eigenvalue weighted by Gasteiger charge is -2.57. The Morgan fingerprint density at radius 1 is 1.13 bits per heavy atom. The molecule has 30 heavy (non-hydrogen) atoms. The van der Waals surface area contributed by atoms with Crippen LogP contribution in [0.5, 0.6) is 0 Å². The number of nitrogens with zero attached hydrogens (tertiary/aromatic N) is 3. The number of piperidine rings is 1. The first-order valence-corrected chi connectivity index (χ1v) is 11.9. The molecule has 5 heteroatoms. The minimum atomic E-state index is -0.00219. The molecule has 1 amide bonds. The van der Waals surface area contributed by atoms with Crippen LogP contribution in [0.3, 0.4) is 0 Å². The van der Waals surface area contributed by atoms with Gasteiger partial charge in [-0.15, -0.1) is 0 Å². The van der Waals surface area contributed by atoms with Gasteiger partial charge in [0, 0.05) is 37.9 Å². The van der Waals surface area contributed by atoms with E-state index < -0.39 is 0 Å². The molecule has 2 heterocycles. The average Bonchev–Trinajstić information content (AvgIpc) is 2.64. The largest absolute Gasteiger partial charge is 0.357 e. The van der Waals surface area contributed by atoms with Gasteiger partial charge < -0.3 is 15.1 Å². The Kier molecular flexibility index (Phi) is 5.86. The highest BCUT2D eigenvalue weighted by atomic mass is 16.1. The number of hydrogen-bond donors (Lipinski definition) is 1. The molecule has 1 aromatic rings. The molecule has 0 spiro atoms. The quantitative estimate of drug-likeness (QED) is 0.755.